The van der Waals surface area contributed by atoms with E-state index < -0.39 is 17.5 Å². The summed E-state index contributed by atoms with van der Waals surface area (Å²) in [4.78, 5) is 57.8. The number of aromatic carboxylic acids is 1. The van der Waals surface area contributed by atoms with E-state index in [9.17, 15) is 24.3 Å². The summed E-state index contributed by atoms with van der Waals surface area (Å²) in [5.74, 6) is -1.42. The zero-order valence-corrected chi connectivity index (χ0v) is 35.7. The molecule has 0 atom stereocenters. The number of hydrogen-bond acceptors (Lipinski definition) is 7. The van der Waals surface area contributed by atoms with E-state index in [1.165, 1.54) is 18.5 Å². The number of carboxylic acid groups (broad SMARTS) is 1. The predicted octanol–water partition coefficient (Wildman–Crippen LogP) is 10.0. The summed E-state index contributed by atoms with van der Waals surface area (Å²) >= 11 is 12.1. The lowest BCUT2D eigenvalue weighted by molar-refractivity contribution is 0.00682. The van der Waals surface area contributed by atoms with Gasteiger partial charge in [0.25, 0.3) is 11.1 Å². The number of halogens is 2. The lowest BCUT2D eigenvalue weighted by Crippen LogP contribution is -2.24. The van der Waals surface area contributed by atoms with Crippen LogP contribution in [-0.2, 0) is 30.7 Å². The highest BCUT2D eigenvalue weighted by atomic mass is 35.5. The van der Waals surface area contributed by atoms with Crippen molar-refractivity contribution < 1.29 is 19.4 Å². The number of fused-ring (bicyclic) bond motifs is 2. The minimum Gasteiger partial charge on any atom is -0.478 e. The smallest absolute Gasteiger partial charge is 0.338 e. The Hall–Kier alpha value is -6.88. The Labute approximate surface area is 367 Å². The van der Waals surface area contributed by atoms with E-state index >= 15 is 0 Å². The van der Waals surface area contributed by atoms with Crippen LogP contribution in [0, 0.1) is 0 Å². The zero-order chi connectivity index (χ0) is 44.0. The largest absolute Gasteiger partial charge is 0.478 e. The first-order valence-corrected chi connectivity index (χ1v) is 20.5. The van der Waals surface area contributed by atoms with Crippen LogP contribution in [0.25, 0.3) is 22.1 Å². The second-order valence-electron chi connectivity index (χ2n) is 15.7. The molecule has 8 rings (SSSR count). The Morgan fingerprint density at radius 2 is 1.02 bits per heavy atom. The van der Waals surface area contributed by atoms with Crippen molar-refractivity contribution in [1.29, 1.82) is 0 Å². The number of rotatable bonds is 10. The molecule has 0 unspecified atom stereocenters. The lowest BCUT2D eigenvalue weighted by Gasteiger charge is -2.20. The van der Waals surface area contributed by atoms with Gasteiger partial charge in [-0.05, 0) is 116 Å². The summed E-state index contributed by atoms with van der Waals surface area (Å²) < 4.78 is 8.97. The molecule has 2 aromatic heterocycles. The molecule has 0 aliphatic heterocycles. The molecule has 12 heteroatoms. The van der Waals surface area contributed by atoms with E-state index in [2.05, 4.69) is 9.97 Å². The van der Waals surface area contributed by atoms with Crippen LogP contribution < -0.4 is 11.1 Å². The Morgan fingerprint density at radius 1 is 0.581 bits per heavy atom. The van der Waals surface area contributed by atoms with Crippen molar-refractivity contribution in [1.82, 2.24) is 19.1 Å². The van der Waals surface area contributed by atoms with Crippen LogP contribution in [0.2, 0.25) is 10.0 Å². The molecule has 0 bridgehead atoms. The van der Waals surface area contributed by atoms with Gasteiger partial charge in [-0.1, -0.05) is 108 Å². The predicted molar refractivity (Wildman–Crippen MR) is 244 cm³/mol. The summed E-state index contributed by atoms with van der Waals surface area (Å²) in [5, 5.41) is 10.3. The van der Waals surface area contributed by atoms with E-state index in [0.29, 0.717) is 52.6 Å². The summed E-state index contributed by atoms with van der Waals surface area (Å²) in [6.45, 7) is 6.42. The lowest BCUT2D eigenvalue weighted by atomic mass is 9.99. The van der Waals surface area contributed by atoms with Gasteiger partial charge in [-0.2, -0.15) is 0 Å². The van der Waals surface area contributed by atoms with Gasteiger partial charge in [0.2, 0.25) is 0 Å². The number of nitrogens with zero attached hydrogens (tertiary/aromatic N) is 4. The first-order chi connectivity index (χ1) is 29.7. The summed E-state index contributed by atoms with van der Waals surface area (Å²) in [5.41, 5.74) is 8.02. The molecular formula is C50H42Cl2N4O6. The molecule has 0 saturated heterocycles. The van der Waals surface area contributed by atoms with Crippen LogP contribution in [-0.4, -0.2) is 41.7 Å². The van der Waals surface area contributed by atoms with Crippen molar-refractivity contribution in [2.75, 3.05) is 0 Å². The van der Waals surface area contributed by atoms with Crippen LogP contribution in [0.1, 0.15) is 74.9 Å². The van der Waals surface area contributed by atoms with Gasteiger partial charge in [-0.3, -0.25) is 9.59 Å². The van der Waals surface area contributed by atoms with E-state index in [-0.39, 0.29) is 16.7 Å². The van der Waals surface area contributed by atoms with Crippen molar-refractivity contribution in [3.63, 3.8) is 0 Å². The maximum Gasteiger partial charge on any atom is 0.338 e. The molecule has 0 saturated carbocycles. The number of aromatic nitrogens is 4. The molecule has 62 heavy (non-hydrogen) atoms. The summed E-state index contributed by atoms with van der Waals surface area (Å²) in [6, 6.07) is 41.2. The van der Waals surface area contributed by atoms with Crippen LogP contribution in [0.5, 0.6) is 0 Å². The van der Waals surface area contributed by atoms with Crippen molar-refractivity contribution in [2.24, 2.45) is 0 Å². The van der Waals surface area contributed by atoms with Crippen LogP contribution >= 0.6 is 23.2 Å². The van der Waals surface area contributed by atoms with Gasteiger partial charge < -0.3 is 19.0 Å². The average Bonchev–Trinajstić information content (AvgIpc) is 3.24. The number of benzene rings is 6. The quantitative estimate of drug-likeness (QED) is 0.134. The number of carbonyl (C=O) groups excluding carboxylic acids is 1. The van der Waals surface area contributed by atoms with E-state index in [4.69, 9.17) is 27.9 Å². The maximum absolute atomic E-state index is 12.8. The highest BCUT2D eigenvalue weighted by Crippen LogP contribution is 2.25. The second kappa shape index (κ2) is 18.8. The minimum absolute atomic E-state index is 0.149. The van der Waals surface area contributed by atoms with Crippen molar-refractivity contribution in [3.8, 4) is 0 Å². The van der Waals surface area contributed by atoms with Crippen LogP contribution in [0.3, 0.4) is 0 Å². The maximum atomic E-state index is 12.8. The first kappa shape index (κ1) is 43.2. The molecule has 0 amide bonds. The van der Waals surface area contributed by atoms with E-state index in [1.807, 2.05) is 124 Å². The number of ether oxygens (including phenoxy) is 1. The average molecular weight is 866 g/mol. The standard InChI is InChI=1S/C27H25ClN2O3.C23H17ClN2O3/c1-27(2,3)33-26(32)22-15-21(28)11-10-20(22)13-19-9-12-24-23(14-19)29-16-25(31)30(24)17-18-7-5-4-6-8-18;24-18-8-7-17(19(12-18)23(28)29)10-16-6-9-21-20(11-16)25-13-22(27)26(21)14-15-4-2-1-3-5-15/h4-12,14-16H,13,17H2,1-3H3;1-9,11-13H,10,14H2,(H,28,29). The second-order valence-corrected chi connectivity index (χ2v) is 16.6. The minimum atomic E-state index is -1.02. The Balaban J connectivity index is 0.000000188. The fourth-order valence-electron chi connectivity index (χ4n) is 7.07. The molecule has 0 aliphatic rings. The highest BCUT2D eigenvalue weighted by Gasteiger charge is 2.21. The fourth-order valence-corrected chi connectivity index (χ4v) is 7.42. The van der Waals surface area contributed by atoms with Gasteiger partial charge in [0, 0.05) is 10.0 Å². The topological polar surface area (TPSA) is 133 Å². The molecule has 0 fully saturated rings. The molecule has 2 heterocycles. The van der Waals surface area contributed by atoms with Crippen molar-refractivity contribution >= 4 is 57.2 Å². The molecular weight excluding hydrogens is 823 g/mol. The molecule has 10 nitrogen and oxygen atoms in total. The third kappa shape index (κ3) is 10.7. The zero-order valence-electron chi connectivity index (χ0n) is 34.2. The van der Waals surface area contributed by atoms with Gasteiger partial charge in [0.15, 0.2) is 0 Å². The van der Waals surface area contributed by atoms with Gasteiger partial charge >= 0.3 is 11.9 Å². The molecule has 1 N–H and O–H groups in total. The SMILES string of the molecule is CC(C)(C)OC(=O)c1cc(Cl)ccc1Cc1ccc2c(c1)ncc(=O)n2Cc1ccccc1.O=C(O)c1cc(Cl)ccc1Cc1ccc2c(c1)ncc(=O)n2Cc1ccccc1. The Kier molecular flexibility index (Phi) is 13.1. The first-order valence-electron chi connectivity index (χ1n) is 19.8. The number of carboxylic acids is 1. The Morgan fingerprint density at radius 3 is 1.45 bits per heavy atom. The van der Waals surface area contributed by atoms with E-state index in [0.717, 1.165) is 44.4 Å². The molecule has 312 valence electrons. The normalized spacial score (nSPS) is 11.2. The number of esters is 1. The van der Waals surface area contributed by atoms with Crippen molar-refractivity contribution in [2.45, 2.75) is 52.3 Å². The summed E-state index contributed by atoms with van der Waals surface area (Å²) in [6.07, 6.45) is 3.60. The molecule has 6 aromatic carbocycles. The summed E-state index contributed by atoms with van der Waals surface area (Å²) in [7, 11) is 0. The highest BCUT2D eigenvalue weighted by molar-refractivity contribution is 6.31. The Bertz CT molecular complexity index is 3050. The van der Waals surface area contributed by atoms with E-state index in [1.54, 1.807) is 33.4 Å². The molecule has 8 aromatic rings. The van der Waals surface area contributed by atoms with Crippen LogP contribution in [0.4, 0.5) is 0 Å². The third-order valence-electron chi connectivity index (χ3n) is 9.97. The third-order valence-corrected chi connectivity index (χ3v) is 10.4. The van der Waals surface area contributed by atoms with Crippen LogP contribution in [0.15, 0.2) is 155 Å². The van der Waals surface area contributed by atoms with Crippen molar-refractivity contribution in [3.05, 3.63) is 221 Å². The van der Waals surface area contributed by atoms with Gasteiger partial charge in [0.05, 0.1) is 58.7 Å². The number of hydrogen-bond donors (Lipinski definition) is 1. The molecule has 0 aliphatic carbocycles. The number of carbonyl (C=O) groups is 2. The molecule has 0 spiro atoms. The fraction of sp³-hybridized carbons (Fsp3) is 0.160. The van der Waals surface area contributed by atoms with Gasteiger partial charge in [-0.25, -0.2) is 19.6 Å². The van der Waals surface area contributed by atoms with Gasteiger partial charge in [-0.15, -0.1) is 0 Å². The van der Waals surface area contributed by atoms with Gasteiger partial charge in [0.1, 0.15) is 5.60 Å². The molecule has 0 radical (unpaired) electrons. The monoisotopic (exact) mass is 864 g/mol.